The van der Waals surface area contributed by atoms with E-state index in [-0.39, 0.29) is 10.8 Å². The Hall–Kier alpha value is -2.13. The van der Waals surface area contributed by atoms with Gasteiger partial charge in [-0.25, -0.2) is 4.68 Å². The number of halogens is 1. The lowest BCUT2D eigenvalue weighted by molar-refractivity contribution is -0.117. The van der Waals surface area contributed by atoms with E-state index in [9.17, 15) is 4.79 Å². The zero-order valence-electron chi connectivity index (χ0n) is 19.0. The van der Waals surface area contributed by atoms with Gasteiger partial charge in [0.25, 0.3) is 0 Å². The van der Waals surface area contributed by atoms with Gasteiger partial charge < -0.3 is 0 Å². The highest BCUT2D eigenvalue weighted by molar-refractivity contribution is 6.30. The Morgan fingerprint density at radius 3 is 2.62 bits per heavy atom. The molecular formula is C28H31ClN2O. The Bertz CT molecular complexity index is 1140. The summed E-state index contributed by atoms with van der Waals surface area (Å²) in [5, 5.41) is 5.42. The van der Waals surface area contributed by atoms with E-state index in [4.69, 9.17) is 11.6 Å². The van der Waals surface area contributed by atoms with E-state index < -0.39 is 0 Å². The molecule has 1 aromatic carbocycles. The largest absolute Gasteiger partial charge is 0.295 e. The van der Waals surface area contributed by atoms with Crippen LogP contribution in [0, 0.1) is 28.6 Å². The molecule has 2 saturated carbocycles. The molecule has 2 fully saturated rings. The second-order valence-electron chi connectivity index (χ2n) is 10.9. The van der Waals surface area contributed by atoms with Crippen molar-refractivity contribution in [2.75, 3.05) is 0 Å². The number of nitrogens with zero attached hydrogens (tertiary/aromatic N) is 2. The highest BCUT2D eigenvalue weighted by Crippen LogP contribution is 2.66. The molecule has 0 unspecified atom stereocenters. The summed E-state index contributed by atoms with van der Waals surface area (Å²) in [5.74, 6) is 2.48. The number of aromatic nitrogens is 2. The van der Waals surface area contributed by atoms with Crippen LogP contribution in [0.5, 0.6) is 0 Å². The van der Waals surface area contributed by atoms with E-state index in [1.165, 1.54) is 36.1 Å². The van der Waals surface area contributed by atoms with Crippen molar-refractivity contribution in [3.63, 3.8) is 0 Å². The Morgan fingerprint density at radius 1 is 1.00 bits per heavy atom. The monoisotopic (exact) mass is 446 g/mol. The van der Waals surface area contributed by atoms with Gasteiger partial charge in [-0.05, 0) is 109 Å². The zero-order chi connectivity index (χ0) is 22.1. The number of carbonyl (C=O) groups excluding carboxylic acids is 1. The van der Waals surface area contributed by atoms with E-state index in [2.05, 4.69) is 35.8 Å². The predicted octanol–water partition coefficient (Wildman–Crippen LogP) is 7.05. The third-order valence-electron chi connectivity index (χ3n) is 9.53. The molecule has 0 N–H and O–H groups in total. The van der Waals surface area contributed by atoms with Crippen LogP contribution in [0.4, 0.5) is 0 Å². The van der Waals surface area contributed by atoms with Crippen molar-refractivity contribution in [3.05, 3.63) is 65.0 Å². The molecule has 0 bridgehead atoms. The van der Waals surface area contributed by atoms with Crippen LogP contribution in [0.25, 0.3) is 11.3 Å². The molecule has 4 aliphatic rings. The Morgan fingerprint density at radius 2 is 1.81 bits per heavy atom. The SMILES string of the molecule is C[C@]12CCC(=O)C=C1CC[C@@H]1[C@@H]2CC[C@]2(C)C(c3ccnn3-c3ccc(Cl)cc3)=CC[C@@H]12. The first-order valence-electron chi connectivity index (χ1n) is 12.1. The summed E-state index contributed by atoms with van der Waals surface area (Å²) in [6, 6.07) is 10.1. The predicted molar refractivity (Wildman–Crippen MR) is 129 cm³/mol. The van der Waals surface area contributed by atoms with Gasteiger partial charge in [0.15, 0.2) is 5.78 Å². The summed E-state index contributed by atoms with van der Waals surface area (Å²) < 4.78 is 2.08. The first-order valence-corrected chi connectivity index (χ1v) is 12.5. The van der Waals surface area contributed by atoms with E-state index >= 15 is 0 Å². The average molecular weight is 447 g/mol. The molecule has 0 radical (unpaired) electrons. The second kappa shape index (κ2) is 7.18. The van der Waals surface area contributed by atoms with Crippen molar-refractivity contribution in [2.45, 2.75) is 58.8 Å². The van der Waals surface area contributed by atoms with Gasteiger partial charge in [0.2, 0.25) is 0 Å². The van der Waals surface area contributed by atoms with Crippen molar-refractivity contribution in [2.24, 2.45) is 28.6 Å². The summed E-state index contributed by atoms with van der Waals surface area (Å²) in [6.07, 6.45) is 14.2. The Balaban J connectivity index is 1.33. The Labute approximate surface area is 195 Å². The Kier molecular flexibility index (Phi) is 4.60. The van der Waals surface area contributed by atoms with Gasteiger partial charge in [-0.3, -0.25) is 4.79 Å². The summed E-state index contributed by atoms with van der Waals surface area (Å²) in [5.41, 5.74) is 5.62. The molecule has 4 heteroatoms. The number of fused-ring (bicyclic) bond motifs is 5. The lowest BCUT2D eigenvalue weighted by Crippen LogP contribution is -2.49. The van der Waals surface area contributed by atoms with Crippen molar-refractivity contribution >= 4 is 23.0 Å². The molecule has 166 valence electrons. The topological polar surface area (TPSA) is 34.9 Å². The maximum absolute atomic E-state index is 12.1. The standard InChI is InChI=1S/C28H31ClN2O/c1-27-14-11-21(32)17-18(27)3-8-22-23-9-10-25(28(23,2)15-12-24(22)27)26-13-16-30-31(26)20-6-4-19(29)5-7-20/h4-7,10,13,16-17,22-24H,3,8-9,11-12,14-15H2,1-2H3/t22-,23-,24-,27-,28-/m0/s1. The zero-order valence-corrected chi connectivity index (χ0v) is 19.7. The molecule has 6 rings (SSSR count). The summed E-state index contributed by atoms with van der Waals surface area (Å²) in [7, 11) is 0. The fourth-order valence-electron chi connectivity index (χ4n) is 7.82. The van der Waals surface area contributed by atoms with Crippen molar-refractivity contribution in [1.29, 1.82) is 0 Å². The molecule has 5 atom stereocenters. The van der Waals surface area contributed by atoms with Gasteiger partial charge in [0, 0.05) is 11.4 Å². The van der Waals surface area contributed by atoms with Gasteiger partial charge >= 0.3 is 0 Å². The quantitative estimate of drug-likeness (QED) is 0.495. The van der Waals surface area contributed by atoms with E-state index in [0.717, 1.165) is 42.3 Å². The fraction of sp³-hybridized carbons (Fsp3) is 0.500. The summed E-state index contributed by atoms with van der Waals surface area (Å²) in [4.78, 5) is 12.1. The maximum Gasteiger partial charge on any atom is 0.155 e. The summed E-state index contributed by atoms with van der Waals surface area (Å²) in [6.45, 7) is 4.97. The van der Waals surface area contributed by atoms with Crippen molar-refractivity contribution in [1.82, 2.24) is 9.78 Å². The van der Waals surface area contributed by atoms with Gasteiger partial charge in [-0.15, -0.1) is 0 Å². The average Bonchev–Trinajstić information content (AvgIpc) is 3.38. The van der Waals surface area contributed by atoms with Gasteiger partial charge in [-0.2, -0.15) is 5.10 Å². The minimum atomic E-state index is 0.188. The van der Waals surface area contributed by atoms with Crippen LogP contribution in [0.3, 0.4) is 0 Å². The molecule has 1 heterocycles. The highest BCUT2D eigenvalue weighted by atomic mass is 35.5. The molecule has 4 aliphatic carbocycles. The summed E-state index contributed by atoms with van der Waals surface area (Å²) >= 11 is 6.12. The molecule has 1 aromatic heterocycles. The van der Waals surface area contributed by atoms with Gasteiger partial charge in [-0.1, -0.05) is 37.1 Å². The number of allylic oxidation sites excluding steroid dienone is 4. The number of benzene rings is 1. The smallest absolute Gasteiger partial charge is 0.155 e. The number of hydrogen-bond donors (Lipinski definition) is 0. The number of rotatable bonds is 2. The molecule has 32 heavy (non-hydrogen) atoms. The highest BCUT2D eigenvalue weighted by Gasteiger charge is 2.57. The minimum absolute atomic E-state index is 0.188. The first-order chi connectivity index (χ1) is 15.4. The number of ketones is 1. The van der Waals surface area contributed by atoms with Crippen molar-refractivity contribution in [3.8, 4) is 5.69 Å². The molecule has 3 nitrogen and oxygen atoms in total. The van der Waals surface area contributed by atoms with E-state index in [0.29, 0.717) is 17.6 Å². The molecular weight excluding hydrogens is 416 g/mol. The number of hydrogen-bond acceptors (Lipinski definition) is 2. The van der Waals surface area contributed by atoms with Crippen LogP contribution in [0.2, 0.25) is 5.02 Å². The van der Waals surface area contributed by atoms with Crippen molar-refractivity contribution < 1.29 is 4.79 Å². The lowest BCUT2D eigenvalue weighted by atomic mass is 9.47. The fourth-order valence-corrected chi connectivity index (χ4v) is 7.95. The minimum Gasteiger partial charge on any atom is -0.295 e. The van der Waals surface area contributed by atoms with Gasteiger partial charge in [0.1, 0.15) is 0 Å². The molecule has 0 spiro atoms. The third kappa shape index (κ3) is 2.86. The second-order valence-corrected chi connectivity index (χ2v) is 11.3. The van der Waals surface area contributed by atoms with Crippen LogP contribution in [0.15, 0.2) is 54.3 Å². The third-order valence-corrected chi connectivity index (χ3v) is 9.78. The molecule has 0 aliphatic heterocycles. The lowest BCUT2D eigenvalue weighted by Gasteiger charge is -2.57. The maximum atomic E-state index is 12.1. The molecule has 0 amide bonds. The van der Waals surface area contributed by atoms with E-state index in [1.807, 2.05) is 36.5 Å². The van der Waals surface area contributed by atoms with Crippen LogP contribution < -0.4 is 0 Å². The van der Waals surface area contributed by atoms with Crippen LogP contribution in [-0.2, 0) is 4.79 Å². The van der Waals surface area contributed by atoms with Crippen LogP contribution in [0.1, 0.15) is 64.5 Å². The van der Waals surface area contributed by atoms with Crippen LogP contribution >= 0.6 is 11.6 Å². The first kappa shape index (κ1) is 20.5. The molecule has 0 saturated heterocycles. The van der Waals surface area contributed by atoms with E-state index in [1.54, 1.807) is 0 Å². The van der Waals surface area contributed by atoms with Gasteiger partial charge in [0.05, 0.1) is 17.6 Å². The van der Waals surface area contributed by atoms with Crippen LogP contribution in [-0.4, -0.2) is 15.6 Å². The number of carbonyl (C=O) groups is 1. The normalized spacial score (nSPS) is 36.1. The molecule has 2 aromatic rings.